The first kappa shape index (κ1) is 9.15. The van der Waals surface area contributed by atoms with Crippen LogP contribution in [0.15, 0.2) is 22.7 Å². The summed E-state index contributed by atoms with van der Waals surface area (Å²) in [7, 11) is 0. The van der Waals surface area contributed by atoms with E-state index in [0.717, 1.165) is 6.61 Å². The van der Waals surface area contributed by atoms with Crippen LogP contribution >= 0.6 is 15.9 Å². The second kappa shape index (κ2) is 3.64. The first-order valence-electron chi connectivity index (χ1n) is 3.06. The van der Waals surface area contributed by atoms with Gasteiger partial charge in [-0.3, -0.25) is 10.1 Å². The van der Waals surface area contributed by atoms with Gasteiger partial charge in [0.1, 0.15) is 6.61 Å². The zero-order chi connectivity index (χ0) is 9.14. The van der Waals surface area contributed by atoms with Gasteiger partial charge in [-0.2, -0.15) is 0 Å². The van der Waals surface area contributed by atoms with Gasteiger partial charge in [0.15, 0.2) is 0 Å². The monoisotopic (exact) mass is 230 g/mol. The Morgan fingerprint density at radius 3 is 2.67 bits per heavy atom. The lowest BCUT2D eigenvalue weighted by Crippen LogP contribution is -1.90. The van der Waals surface area contributed by atoms with Gasteiger partial charge in [-0.25, -0.2) is 0 Å². The van der Waals surface area contributed by atoms with Crippen molar-refractivity contribution in [1.29, 1.82) is 0 Å². The number of hydrogen-bond acceptors (Lipinski definition) is 3. The zero-order valence-corrected chi connectivity index (χ0v) is 7.48. The molecule has 0 aliphatic heterocycles. The van der Waals surface area contributed by atoms with Crippen LogP contribution in [0.1, 0.15) is 5.56 Å². The van der Waals surface area contributed by atoms with E-state index in [0.29, 0.717) is 10.0 Å². The maximum Gasteiger partial charge on any atom is 0.283 e. The molecule has 1 rings (SSSR count). The molecule has 0 saturated carbocycles. The number of rotatable bonds is 2. The average molecular weight is 231 g/mol. The maximum absolute atomic E-state index is 10.3. The van der Waals surface area contributed by atoms with Crippen LogP contribution in [0, 0.1) is 16.7 Å². The van der Waals surface area contributed by atoms with Crippen LogP contribution < -0.4 is 0 Å². The predicted molar refractivity (Wildman–Crippen MR) is 46.1 cm³/mol. The molecule has 0 fully saturated rings. The molecule has 1 aromatic rings. The number of halogens is 1. The lowest BCUT2D eigenvalue weighted by atomic mass is 10.2. The van der Waals surface area contributed by atoms with Crippen LogP contribution in [0.3, 0.4) is 0 Å². The van der Waals surface area contributed by atoms with Crippen LogP contribution in [0.2, 0.25) is 0 Å². The smallest absolute Gasteiger partial charge is 0.283 e. The van der Waals surface area contributed by atoms with Gasteiger partial charge >= 0.3 is 0 Å². The Balaban J connectivity index is 3.12. The second-order valence-electron chi connectivity index (χ2n) is 2.10. The number of aliphatic hydroxyl groups is 1. The van der Waals surface area contributed by atoms with Crippen LogP contribution in [-0.4, -0.2) is 10.0 Å². The third-order valence-corrected chi connectivity index (χ3v) is 1.95. The van der Waals surface area contributed by atoms with Crippen molar-refractivity contribution in [3.8, 4) is 0 Å². The highest BCUT2D eigenvalue weighted by atomic mass is 79.9. The Hall–Kier alpha value is -0.940. The average Bonchev–Trinajstić information content (AvgIpc) is 2.03. The maximum atomic E-state index is 10.3. The molecule has 4 nitrogen and oxygen atoms in total. The van der Waals surface area contributed by atoms with Crippen LogP contribution in [0.4, 0.5) is 5.69 Å². The zero-order valence-electron chi connectivity index (χ0n) is 5.90. The summed E-state index contributed by atoms with van der Waals surface area (Å²) >= 11 is 3.02. The molecule has 0 bridgehead atoms. The minimum atomic E-state index is -0.495. The summed E-state index contributed by atoms with van der Waals surface area (Å²) in [4.78, 5) is 9.83. The Labute approximate surface area is 77.1 Å². The summed E-state index contributed by atoms with van der Waals surface area (Å²) in [6.07, 6.45) is 0. The molecule has 12 heavy (non-hydrogen) atoms. The SMILES string of the molecule is O=[N+]([O-])c1ccc([CH]O)cc1Br. The number of hydrogen-bond donors (Lipinski definition) is 1. The van der Waals surface area contributed by atoms with E-state index in [1.54, 1.807) is 0 Å². The first-order valence-corrected chi connectivity index (χ1v) is 3.86. The van der Waals surface area contributed by atoms with Crippen molar-refractivity contribution in [2.75, 3.05) is 0 Å². The quantitative estimate of drug-likeness (QED) is 0.626. The summed E-state index contributed by atoms with van der Waals surface area (Å²) in [5.41, 5.74) is 0.507. The minimum absolute atomic E-state index is 0.0133. The highest BCUT2D eigenvalue weighted by Gasteiger charge is 2.10. The molecule has 1 N–H and O–H groups in total. The molecule has 0 aliphatic carbocycles. The summed E-state index contributed by atoms with van der Waals surface area (Å²) in [6, 6.07) is 4.26. The fourth-order valence-corrected chi connectivity index (χ4v) is 1.29. The first-order chi connectivity index (χ1) is 5.65. The number of nitro groups is 1. The van der Waals surface area contributed by atoms with Crippen LogP contribution in [0.25, 0.3) is 0 Å². The largest absolute Gasteiger partial charge is 0.385 e. The summed E-state index contributed by atoms with van der Waals surface area (Å²) in [5.74, 6) is 0. The van der Waals surface area contributed by atoms with Crippen molar-refractivity contribution in [3.05, 3.63) is 45.0 Å². The number of benzene rings is 1. The fourth-order valence-electron chi connectivity index (χ4n) is 0.752. The Kier molecular flexibility index (Phi) is 2.78. The fraction of sp³-hybridized carbons (Fsp3) is 0. The number of nitrogens with zero attached hydrogens (tertiary/aromatic N) is 1. The van der Waals surface area contributed by atoms with E-state index < -0.39 is 4.92 Å². The molecular formula is C7H5BrNO3. The van der Waals surface area contributed by atoms with Crippen molar-refractivity contribution < 1.29 is 10.0 Å². The number of nitro benzene ring substituents is 1. The molecule has 5 heteroatoms. The van der Waals surface area contributed by atoms with E-state index >= 15 is 0 Å². The normalized spacial score (nSPS) is 9.83. The van der Waals surface area contributed by atoms with Crippen molar-refractivity contribution in [2.24, 2.45) is 0 Å². The minimum Gasteiger partial charge on any atom is -0.385 e. The van der Waals surface area contributed by atoms with Gasteiger partial charge in [0.25, 0.3) is 5.69 Å². The summed E-state index contributed by atoms with van der Waals surface area (Å²) in [6.45, 7) is 0.883. The Morgan fingerprint density at radius 2 is 2.25 bits per heavy atom. The van der Waals surface area contributed by atoms with Crippen molar-refractivity contribution >= 4 is 21.6 Å². The third kappa shape index (κ3) is 1.80. The lowest BCUT2D eigenvalue weighted by Gasteiger charge is -1.97. The van der Waals surface area contributed by atoms with E-state index in [9.17, 15) is 10.1 Å². The molecule has 0 unspecified atom stereocenters. The van der Waals surface area contributed by atoms with Crippen LogP contribution in [0.5, 0.6) is 0 Å². The Morgan fingerprint density at radius 1 is 1.58 bits per heavy atom. The van der Waals surface area contributed by atoms with E-state index in [1.807, 2.05) is 0 Å². The molecule has 1 radical (unpaired) electrons. The standard InChI is InChI=1S/C7H5BrNO3/c8-6-3-5(4-10)1-2-7(6)9(11)12/h1-4,10H. The van der Waals surface area contributed by atoms with Crippen LogP contribution in [-0.2, 0) is 0 Å². The molecule has 0 atom stereocenters. The van der Waals surface area contributed by atoms with E-state index in [1.165, 1.54) is 18.2 Å². The van der Waals surface area contributed by atoms with E-state index in [4.69, 9.17) is 5.11 Å². The lowest BCUT2D eigenvalue weighted by molar-refractivity contribution is -0.385. The summed E-state index contributed by atoms with van der Waals surface area (Å²) < 4.78 is 0.357. The Bertz CT molecular complexity index is 314. The van der Waals surface area contributed by atoms with E-state index in [-0.39, 0.29) is 5.69 Å². The molecule has 63 valence electrons. The van der Waals surface area contributed by atoms with Gasteiger partial charge in [0.2, 0.25) is 0 Å². The topological polar surface area (TPSA) is 63.4 Å². The molecule has 0 heterocycles. The van der Waals surface area contributed by atoms with Gasteiger partial charge in [0, 0.05) is 6.07 Å². The third-order valence-electron chi connectivity index (χ3n) is 1.32. The number of aliphatic hydroxyl groups excluding tert-OH is 1. The predicted octanol–water partition coefficient (Wildman–Crippen LogP) is 2.24. The van der Waals surface area contributed by atoms with Crippen molar-refractivity contribution in [1.82, 2.24) is 0 Å². The molecule has 0 aromatic heterocycles. The summed E-state index contributed by atoms with van der Waals surface area (Å²) in [5, 5.41) is 18.9. The van der Waals surface area contributed by atoms with Gasteiger partial charge < -0.3 is 5.11 Å². The molecule has 0 spiro atoms. The van der Waals surface area contributed by atoms with Gasteiger partial charge in [-0.1, -0.05) is 0 Å². The molecular weight excluding hydrogens is 226 g/mol. The van der Waals surface area contributed by atoms with Gasteiger partial charge in [0.05, 0.1) is 9.40 Å². The second-order valence-corrected chi connectivity index (χ2v) is 2.95. The molecule has 1 aromatic carbocycles. The van der Waals surface area contributed by atoms with Crippen molar-refractivity contribution in [3.63, 3.8) is 0 Å². The molecule has 0 saturated heterocycles. The molecule has 0 aliphatic rings. The highest BCUT2D eigenvalue weighted by Crippen LogP contribution is 2.25. The van der Waals surface area contributed by atoms with Crippen molar-refractivity contribution in [2.45, 2.75) is 0 Å². The van der Waals surface area contributed by atoms with Gasteiger partial charge in [-0.15, -0.1) is 0 Å². The van der Waals surface area contributed by atoms with Gasteiger partial charge in [-0.05, 0) is 33.6 Å². The molecule has 0 amide bonds. The highest BCUT2D eigenvalue weighted by molar-refractivity contribution is 9.10. The van der Waals surface area contributed by atoms with E-state index in [2.05, 4.69) is 15.9 Å².